The van der Waals surface area contributed by atoms with Gasteiger partial charge in [-0.1, -0.05) is 18.5 Å². The Labute approximate surface area is 191 Å². The normalized spacial score (nSPS) is 20.5. The Balaban J connectivity index is 1.81. The molecule has 2 fully saturated rings. The standard InChI is InChI=1S/C20H27ClFN3O4S2/c1-2-6-24-7-4-8-25(10-9-24)20(27)15-12-14(13-16(22)18(15)21)31(28,29)23-19(26)17-5-3-11-30-17/h12-13,17H,2-11H2,1H3,(H,23,26). The third kappa shape index (κ3) is 5.91. The van der Waals surface area contributed by atoms with Gasteiger partial charge in [-0.2, -0.15) is 0 Å². The Morgan fingerprint density at radius 1 is 1.23 bits per heavy atom. The summed E-state index contributed by atoms with van der Waals surface area (Å²) in [5, 5.41) is -0.868. The van der Waals surface area contributed by atoms with Gasteiger partial charge in [0, 0.05) is 19.6 Å². The van der Waals surface area contributed by atoms with Crippen molar-refractivity contribution in [2.75, 3.05) is 38.5 Å². The number of hydrogen-bond acceptors (Lipinski definition) is 6. The summed E-state index contributed by atoms with van der Waals surface area (Å²) in [6.07, 6.45) is 3.20. The van der Waals surface area contributed by atoms with Crippen molar-refractivity contribution in [1.29, 1.82) is 0 Å². The molecule has 0 bridgehead atoms. The zero-order valence-corrected chi connectivity index (χ0v) is 19.8. The van der Waals surface area contributed by atoms with Crippen molar-refractivity contribution >= 4 is 45.2 Å². The van der Waals surface area contributed by atoms with Gasteiger partial charge in [0.2, 0.25) is 5.91 Å². The summed E-state index contributed by atoms with van der Waals surface area (Å²) in [6, 6.07) is 1.79. The van der Waals surface area contributed by atoms with E-state index >= 15 is 0 Å². The Bertz CT molecular complexity index is 939. The summed E-state index contributed by atoms with van der Waals surface area (Å²) in [5.41, 5.74) is -0.214. The summed E-state index contributed by atoms with van der Waals surface area (Å²) < 4.78 is 41.9. The van der Waals surface area contributed by atoms with Crippen molar-refractivity contribution in [3.63, 3.8) is 0 Å². The number of carbonyl (C=O) groups excluding carboxylic acids is 2. The Kier molecular flexibility index (Phi) is 8.23. The molecular weight excluding hydrogens is 465 g/mol. The molecule has 7 nitrogen and oxygen atoms in total. The van der Waals surface area contributed by atoms with Crippen LogP contribution in [0, 0.1) is 5.82 Å². The zero-order chi connectivity index (χ0) is 22.6. The molecule has 1 N–H and O–H groups in total. The smallest absolute Gasteiger partial charge is 0.264 e. The van der Waals surface area contributed by atoms with Crippen molar-refractivity contribution in [2.45, 2.75) is 42.8 Å². The SMILES string of the molecule is CCCN1CCCN(C(=O)c2cc(S(=O)(=O)NC(=O)C3CCCS3)cc(F)c2Cl)CC1. The molecule has 0 aromatic heterocycles. The lowest BCUT2D eigenvalue weighted by atomic mass is 10.2. The van der Waals surface area contributed by atoms with E-state index in [1.165, 1.54) is 11.8 Å². The number of amides is 2. The molecule has 172 valence electrons. The van der Waals surface area contributed by atoms with Gasteiger partial charge in [-0.05, 0) is 56.7 Å². The highest BCUT2D eigenvalue weighted by Crippen LogP contribution is 2.28. The number of benzene rings is 1. The molecule has 11 heteroatoms. The van der Waals surface area contributed by atoms with E-state index in [1.54, 1.807) is 4.90 Å². The lowest BCUT2D eigenvalue weighted by molar-refractivity contribution is -0.118. The predicted octanol–water partition coefficient (Wildman–Crippen LogP) is 2.74. The second kappa shape index (κ2) is 10.5. The highest BCUT2D eigenvalue weighted by atomic mass is 35.5. The summed E-state index contributed by atoms with van der Waals surface area (Å²) >= 11 is 7.43. The molecule has 0 aliphatic carbocycles. The minimum atomic E-state index is -4.34. The van der Waals surface area contributed by atoms with E-state index in [0.717, 1.165) is 50.2 Å². The molecule has 2 saturated heterocycles. The molecule has 1 aromatic carbocycles. The van der Waals surface area contributed by atoms with E-state index in [9.17, 15) is 22.4 Å². The van der Waals surface area contributed by atoms with Gasteiger partial charge in [0.1, 0.15) is 5.82 Å². The van der Waals surface area contributed by atoms with Crippen molar-refractivity contribution < 1.29 is 22.4 Å². The number of halogens is 2. The van der Waals surface area contributed by atoms with Gasteiger partial charge in [0.05, 0.1) is 20.7 Å². The van der Waals surface area contributed by atoms with Crippen molar-refractivity contribution in [2.24, 2.45) is 0 Å². The minimum Gasteiger partial charge on any atom is -0.337 e. The molecule has 0 spiro atoms. The topological polar surface area (TPSA) is 86.8 Å². The molecule has 31 heavy (non-hydrogen) atoms. The van der Waals surface area contributed by atoms with Gasteiger partial charge in [-0.3, -0.25) is 9.59 Å². The van der Waals surface area contributed by atoms with Crippen LogP contribution in [0.2, 0.25) is 5.02 Å². The fourth-order valence-corrected chi connectivity index (χ4v) is 6.28. The van der Waals surface area contributed by atoms with Crippen LogP contribution in [0.25, 0.3) is 0 Å². The van der Waals surface area contributed by atoms with E-state index in [2.05, 4.69) is 11.8 Å². The van der Waals surface area contributed by atoms with Gasteiger partial charge in [-0.25, -0.2) is 17.5 Å². The average Bonchev–Trinajstić information content (AvgIpc) is 3.17. The molecule has 1 atom stereocenters. The summed E-state index contributed by atoms with van der Waals surface area (Å²) in [6.45, 7) is 5.50. The van der Waals surface area contributed by atoms with E-state index < -0.39 is 42.8 Å². The van der Waals surface area contributed by atoms with Crippen LogP contribution in [0.3, 0.4) is 0 Å². The Hall–Kier alpha value is -1.36. The van der Waals surface area contributed by atoms with Gasteiger partial charge < -0.3 is 9.80 Å². The fraction of sp³-hybridized carbons (Fsp3) is 0.600. The molecule has 2 heterocycles. The number of nitrogens with one attached hydrogen (secondary N) is 1. The van der Waals surface area contributed by atoms with E-state index in [-0.39, 0.29) is 5.56 Å². The molecule has 1 unspecified atom stereocenters. The first kappa shape index (κ1) is 24.3. The number of carbonyl (C=O) groups is 2. The second-order valence-electron chi connectivity index (χ2n) is 7.73. The highest BCUT2D eigenvalue weighted by Gasteiger charge is 2.30. The van der Waals surface area contributed by atoms with Crippen LogP contribution >= 0.6 is 23.4 Å². The van der Waals surface area contributed by atoms with Gasteiger partial charge in [-0.15, -0.1) is 11.8 Å². The third-order valence-corrected chi connectivity index (χ3v) is 8.50. The van der Waals surface area contributed by atoms with E-state index in [0.29, 0.717) is 26.1 Å². The van der Waals surface area contributed by atoms with Crippen LogP contribution in [-0.4, -0.2) is 73.8 Å². The lowest BCUT2D eigenvalue weighted by Gasteiger charge is -2.22. The summed E-state index contributed by atoms with van der Waals surface area (Å²) in [5.74, 6) is -1.37. The van der Waals surface area contributed by atoms with E-state index in [1.807, 2.05) is 4.72 Å². The summed E-state index contributed by atoms with van der Waals surface area (Å²) in [7, 11) is -4.34. The quantitative estimate of drug-likeness (QED) is 0.658. The van der Waals surface area contributed by atoms with Crippen molar-refractivity contribution in [3.05, 3.63) is 28.5 Å². The number of rotatable bonds is 6. The molecule has 3 rings (SSSR count). The van der Waals surface area contributed by atoms with Crippen LogP contribution in [0.1, 0.15) is 43.0 Å². The average molecular weight is 492 g/mol. The van der Waals surface area contributed by atoms with Crippen molar-refractivity contribution in [1.82, 2.24) is 14.5 Å². The fourth-order valence-electron chi connectivity index (χ4n) is 3.80. The van der Waals surface area contributed by atoms with Crippen LogP contribution < -0.4 is 4.72 Å². The van der Waals surface area contributed by atoms with Gasteiger partial charge >= 0.3 is 0 Å². The Morgan fingerprint density at radius 2 is 2.00 bits per heavy atom. The van der Waals surface area contributed by atoms with Gasteiger partial charge in [0.15, 0.2) is 0 Å². The second-order valence-corrected chi connectivity index (χ2v) is 11.1. The number of hydrogen-bond donors (Lipinski definition) is 1. The van der Waals surface area contributed by atoms with Crippen LogP contribution in [-0.2, 0) is 14.8 Å². The Morgan fingerprint density at radius 3 is 2.68 bits per heavy atom. The number of sulfonamides is 1. The number of nitrogens with zero attached hydrogens (tertiary/aromatic N) is 2. The number of thioether (sulfide) groups is 1. The molecule has 2 aliphatic rings. The molecule has 0 radical (unpaired) electrons. The predicted molar refractivity (Wildman–Crippen MR) is 119 cm³/mol. The molecule has 2 aliphatic heterocycles. The first-order valence-electron chi connectivity index (χ1n) is 10.4. The summed E-state index contributed by atoms with van der Waals surface area (Å²) in [4.78, 5) is 28.7. The molecule has 0 saturated carbocycles. The maximum absolute atomic E-state index is 14.5. The molecular formula is C20H27ClFN3O4S2. The lowest BCUT2D eigenvalue weighted by Crippen LogP contribution is -2.37. The third-order valence-electron chi connectivity index (χ3n) is 5.42. The van der Waals surface area contributed by atoms with E-state index in [4.69, 9.17) is 11.6 Å². The molecule has 2 amide bonds. The zero-order valence-electron chi connectivity index (χ0n) is 17.4. The first-order valence-corrected chi connectivity index (χ1v) is 13.3. The minimum absolute atomic E-state index is 0.214. The van der Waals surface area contributed by atoms with Crippen molar-refractivity contribution in [3.8, 4) is 0 Å². The highest BCUT2D eigenvalue weighted by molar-refractivity contribution is 8.01. The molecule has 1 aromatic rings. The monoisotopic (exact) mass is 491 g/mol. The van der Waals surface area contributed by atoms with Crippen LogP contribution in [0.4, 0.5) is 4.39 Å². The largest absolute Gasteiger partial charge is 0.337 e. The van der Waals surface area contributed by atoms with Crippen LogP contribution in [0.15, 0.2) is 17.0 Å². The maximum Gasteiger partial charge on any atom is 0.264 e. The van der Waals surface area contributed by atoms with Crippen LogP contribution in [0.5, 0.6) is 0 Å². The first-order chi connectivity index (χ1) is 14.7. The maximum atomic E-state index is 14.5. The van der Waals surface area contributed by atoms with Gasteiger partial charge in [0.25, 0.3) is 15.9 Å².